The average molecular weight is 321 g/mol. The third kappa shape index (κ3) is 2.83. The molecule has 2 N–H and O–H groups in total. The summed E-state index contributed by atoms with van der Waals surface area (Å²) in [6, 6.07) is 12.3. The van der Waals surface area contributed by atoms with Crippen LogP contribution in [0.25, 0.3) is 5.65 Å². The van der Waals surface area contributed by atoms with Crippen molar-refractivity contribution in [2.24, 2.45) is 5.92 Å². The number of rotatable bonds is 4. The lowest BCUT2D eigenvalue weighted by molar-refractivity contribution is -0.117. The number of aromatic nitrogens is 3. The molecule has 7 heteroatoms. The Kier molecular flexibility index (Phi) is 3.45. The zero-order valence-corrected chi connectivity index (χ0v) is 12.8. The van der Waals surface area contributed by atoms with Crippen molar-refractivity contribution in [3.05, 3.63) is 54.2 Å². The van der Waals surface area contributed by atoms with Gasteiger partial charge in [-0.1, -0.05) is 12.1 Å². The summed E-state index contributed by atoms with van der Waals surface area (Å²) >= 11 is 0. The molecule has 0 saturated heterocycles. The van der Waals surface area contributed by atoms with Gasteiger partial charge in [0.1, 0.15) is 0 Å². The number of carbonyl (C=O) groups is 2. The molecule has 0 spiro atoms. The van der Waals surface area contributed by atoms with E-state index < -0.39 is 0 Å². The number of nitrogens with zero attached hydrogens (tertiary/aromatic N) is 3. The van der Waals surface area contributed by atoms with Gasteiger partial charge in [0.15, 0.2) is 5.65 Å². The standard InChI is InChI=1S/C17H15N5O2/c23-15(11-7-8-11)18-13-5-3-4-12(10-13)16(24)19-17-21-20-14-6-1-2-9-22(14)17/h1-6,9-11H,7-8H2,(H,18,23)(H,19,21,24). The minimum Gasteiger partial charge on any atom is -0.326 e. The van der Waals surface area contributed by atoms with Crippen molar-refractivity contribution in [3.63, 3.8) is 0 Å². The van der Waals surface area contributed by atoms with Gasteiger partial charge in [-0.05, 0) is 43.2 Å². The Hall–Kier alpha value is -3.22. The number of fused-ring (bicyclic) bond motifs is 1. The number of hydrogen-bond donors (Lipinski definition) is 2. The van der Waals surface area contributed by atoms with Gasteiger partial charge in [-0.3, -0.25) is 19.3 Å². The van der Waals surface area contributed by atoms with Gasteiger partial charge in [0.05, 0.1) is 0 Å². The molecule has 3 aromatic rings. The van der Waals surface area contributed by atoms with Crippen LogP contribution >= 0.6 is 0 Å². The number of anilines is 2. The molecule has 1 aliphatic rings. The molecule has 0 bridgehead atoms. The maximum atomic E-state index is 12.4. The van der Waals surface area contributed by atoms with Crippen LogP contribution in [0.5, 0.6) is 0 Å². The highest BCUT2D eigenvalue weighted by Crippen LogP contribution is 2.30. The maximum absolute atomic E-state index is 12.4. The second-order valence-electron chi connectivity index (χ2n) is 5.75. The Balaban J connectivity index is 1.52. The zero-order chi connectivity index (χ0) is 16.5. The van der Waals surface area contributed by atoms with Crippen molar-refractivity contribution in [1.29, 1.82) is 0 Å². The van der Waals surface area contributed by atoms with E-state index >= 15 is 0 Å². The van der Waals surface area contributed by atoms with Crippen molar-refractivity contribution in [3.8, 4) is 0 Å². The zero-order valence-electron chi connectivity index (χ0n) is 12.8. The van der Waals surface area contributed by atoms with Gasteiger partial charge in [0.25, 0.3) is 5.91 Å². The van der Waals surface area contributed by atoms with Crippen molar-refractivity contribution in [2.45, 2.75) is 12.8 Å². The Morgan fingerprint density at radius 3 is 2.75 bits per heavy atom. The van der Waals surface area contributed by atoms with Crippen molar-refractivity contribution < 1.29 is 9.59 Å². The summed E-state index contributed by atoms with van der Waals surface area (Å²) < 4.78 is 1.69. The average Bonchev–Trinajstić information content (AvgIpc) is 3.38. The number of benzene rings is 1. The summed E-state index contributed by atoms with van der Waals surface area (Å²) in [7, 11) is 0. The van der Waals surface area contributed by atoms with Crippen LogP contribution in [0.2, 0.25) is 0 Å². The molecular weight excluding hydrogens is 306 g/mol. The normalized spacial score (nSPS) is 13.7. The summed E-state index contributed by atoms with van der Waals surface area (Å²) in [5.74, 6) is 0.166. The van der Waals surface area contributed by atoms with Crippen LogP contribution in [-0.2, 0) is 4.79 Å². The van der Waals surface area contributed by atoms with Crippen molar-refractivity contribution >= 4 is 29.1 Å². The third-order valence-electron chi connectivity index (χ3n) is 3.88. The van der Waals surface area contributed by atoms with E-state index in [9.17, 15) is 9.59 Å². The van der Waals surface area contributed by atoms with Gasteiger partial charge in [0, 0.05) is 23.4 Å². The molecular formula is C17H15N5O2. The fourth-order valence-electron chi connectivity index (χ4n) is 2.43. The molecule has 24 heavy (non-hydrogen) atoms. The Morgan fingerprint density at radius 2 is 1.92 bits per heavy atom. The van der Waals surface area contributed by atoms with E-state index in [1.54, 1.807) is 40.9 Å². The molecule has 2 amide bonds. The van der Waals surface area contributed by atoms with E-state index in [0.717, 1.165) is 12.8 Å². The largest absolute Gasteiger partial charge is 0.326 e. The lowest BCUT2D eigenvalue weighted by atomic mass is 10.2. The molecule has 0 unspecified atom stereocenters. The summed E-state index contributed by atoms with van der Waals surface area (Å²) in [6.07, 6.45) is 3.65. The van der Waals surface area contributed by atoms with Gasteiger partial charge in [-0.25, -0.2) is 0 Å². The van der Waals surface area contributed by atoms with Gasteiger partial charge >= 0.3 is 0 Å². The van der Waals surface area contributed by atoms with Crippen molar-refractivity contribution in [2.75, 3.05) is 10.6 Å². The predicted molar refractivity (Wildman–Crippen MR) is 88.7 cm³/mol. The highest BCUT2D eigenvalue weighted by molar-refractivity contribution is 6.04. The second-order valence-corrected chi connectivity index (χ2v) is 5.75. The SMILES string of the molecule is O=C(Nc1nnc2ccccn12)c1cccc(NC(=O)C2CC2)c1. The monoisotopic (exact) mass is 321 g/mol. The first-order valence-corrected chi connectivity index (χ1v) is 7.73. The number of carbonyl (C=O) groups excluding carboxylic acids is 2. The number of nitrogens with one attached hydrogen (secondary N) is 2. The second kappa shape index (κ2) is 5.77. The molecule has 1 fully saturated rings. The molecule has 0 atom stereocenters. The van der Waals surface area contributed by atoms with E-state index in [4.69, 9.17) is 0 Å². The van der Waals surface area contributed by atoms with Crippen LogP contribution in [0.4, 0.5) is 11.6 Å². The van der Waals surface area contributed by atoms with E-state index in [0.29, 0.717) is 22.8 Å². The van der Waals surface area contributed by atoms with Gasteiger partial charge < -0.3 is 5.32 Å². The minimum atomic E-state index is -0.310. The molecule has 2 heterocycles. The van der Waals surface area contributed by atoms with Crippen LogP contribution in [0.1, 0.15) is 23.2 Å². The van der Waals surface area contributed by atoms with Gasteiger partial charge in [-0.15, -0.1) is 10.2 Å². The number of amides is 2. The molecule has 2 aromatic heterocycles. The first-order chi connectivity index (χ1) is 11.7. The van der Waals surface area contributed by atoms with E-state index in [1.165, 1.54) is 0 Å². The van der Waals surface area contributed by atoms with Crippen molar-refractivity contribution in [1.82, 2.24) is 14.6 Å². The molecule has 4 rings (SSSR count). The number of pyridine rings is 1. The van der Waals surface area contributed by atoms with Crippen LogP contribution in [0.3, 0.4) is 0 Å². The fourth-order valence-corrected chi connectivity index (χ4v) is 2.43. The topological polar surface area (TPSA) is 88.4 Å². The predicted octanol–water partition coefficient (Wildman–Crippen LogP) is 2.33. The van der Waals surface area contributed by atoms with E-state index in [-0.39, 0.29) is 17.7 Å². The minimum absolute atomic E-state index is 0.0102. The molecule has 1 aliphatic carbocycles. The first-order valence-electron chi connectivity index (χ1n) is 7.73. The molecule has 120 valence electrons. The molecule has 0 radical (unpaired) electrons. The lowest BCUT2D eigenvalue weighted by Crippen LogP contribution is -2.16. The third-order valence-corrected chi connectivity index (χ3v) is 3.88. The quantitative estimate of drug-likeness (QED) is 0.772. The maximum Gasteiger partial charge on any atom is 0.258 e. The van der Waals surface area contributed by atoms with Crippen LogP contribution in [-0.4, -0.2) is 26.4 Å². The van der Waals surface area contributed by atoms with Gasteiger partial charge in [0.2, 0.25) is 11.9 Å². The molecule has 0 aliphatic heterocycles. The summed E-state index contributed by atoms with van der Waals surface area (Å²) in [4.78, 5) is 24.3. The van der Waals surface area contributed by atoms with Gasteiger partial charge in [-0.2, -0.15) is 0 Å². The highest BCUT2D eigenvalue weighted by atomic mass is 16.2. The fraction of sp³-hybridized carbons (Fsp3) is 0.176. The summed E-state index contributed by atoms with van der Waals surface area (Å²) in [5.41, 5.74) is 1.71. The summed E-state index contributed by atoms with van der Waals surface area (Å²) in [6.45, 7) is 0. The molecule has 1 aromatic carbocycles. The smallest absolute Gasteiger partial charge is 0.258 e. The van der Waals surface area contributed by atoms with Crippen LogP contribution in [0.15, 0.2) is 48.7 Å². The van der Waals surface area contributed by atoms with Crippen LogP contribution in [0, 0.1) is 5.92 Å². The first kappa shape index (κ1) is 14.4. The van der Waals surface area contributed by atoms with E-state index in [1.807, 2.05) is 12.1 Å². The molecule has 7 nitrogen and oxygen atoms in total. The Bertz CT molecular complexity index is 929. The lowest BCUT2D eigenvalue weighted by Gasteiger charge is -2.07. The number of hydrogen-bond acceptors (Lipinski definition) is 4. The molecule has 1 saturated carbocycles. The summed E-state index contributed by atoms with van der Waals surface area (Å²) in [5, 5.41) is 13.5. The highest BCUT2D eigenvalue weighted by Gasteiger charge is 2.29. The Morgan fingerprint density at radius 1 is 1.04 bits per heavy atom. The van der Waals surface area contributed by atoms with E-state index in [2.05, 4.69) is 20.8 Å². The van der Waals surface area contributed by atoms with Crippen LogP contribution < -0.4 is 10.6 Å². The Labute approximate surface area is 137 Å².